The molecule has 2 fully saturated rings. The number of oxazole rings is 2. The number of benzene rings is 3. The van der Waals surface area contributed by atoms with Gasteiger partial charge in [0.2, 0.25) is 17.7 Å². The van der Waals surface area contributed by atoms with Gasteiger partial charge in [-0.05, 0) is 78.9 Å². The zero-order valence-corrected chi connectivity index (χ0v) is 27.8. The highest BCUT2D eigenvalue weighted by molar-refractivity contribution is 5.85. The van der Waals surface area contributed by atoms with Gasteiger partial charge in [-0.15, -0.1) is 0 Å². The number of fused-ring (bicyclic) bond motifs is 2. The Hall–Kier alpha value is -5.35. The number of hydrogen-bond donors (Lipinski definition) is 2. The fourth-order valence-electron chi connectivity index (χ4n) is 7.43. The van der Waals surface area contributed by atoms with Crippen LogP contribution in [0.1, 0.15) is 40.1 Å². The Bertz CT molecular complexity index is 2190. The smallest absolute Gasteiger partial charge is 0.307 e. The zero-order chi connectivity index (χ0) is 34.7. The standard InChI is InChI=1S/C38H36N6O6/c1-21-27(5-3-7-29(21)36-41-32-18-44(19-33(32)49-36)34(46)20-43-16-26(45)17-43)28-6-4-8-30(22(28)2)37-40-31-12-23(11-25(13-39)35(31)50-37)14-42-10-9-24(15-42)38(47)48/h3-8,11-12,24,26,45H,9-10,14-20H2,1-2H3,(H,47,48). The van der Waals surface area contributed by atoms with E-state index in [1.165, 1.54) is 0 Å². The minimum atomic E-state index is -0.774. The first-order valence-corrected chi connectivity index (χ1v) is 16.8. The minimum absolute atomic E-state index is 0.00108. The molecule has 12 heteroatoms. The van der Waals surface area contributed by atoms with Crippen LogP contribution in [-0.2, 0) is 29.2 Å². The van der Waals surface area contributed by atoms with E-state index < -0.39 is 5.97 Å². The summed E-state index contributed by atoms with van der Waals surface area (Å²) in [6.07, 6.45) is 0.268. The van der Waals surface area contributed by atoms with Gasteiger partial charge in [0.25, 0.3) is 0 Å². The predicted octanol–water partition coefficient (Wildman–Crippen LogP) is 4.73. The van der Waals surface area contributed by atoms with Crippen LogP contribution >= 0.6 is 0 Å². The molecule has 0 bridgehead atoms. The molecule has 1 unspecified atom stereocenters. The van der Waals surface area contributed by atoms with Crippen molar-refractivity contribution >= 4 is 23.0 Å². The summed E-state index contributed by atoms with van der Waals surface area (Å²) in [4.78, 5) is 39.6. The van der Waals surface area contributed by atoms with E-state index in [2.05, 4.69) is 23.1 Å². The van der Waals surface area contributed by atoms with E-state index in [9.17, 15) is 25.1 Å². The predicted molar refractivity (Wildman–Crippen MR) is 182 cm³/mol. The van der Waals surface area contributed by atoms with Crippen molar-refractivity contribution in [3.63, 3.8) is 0 Å². The van der Waals surface area contributed by atoms with Crippen molar-refractivity contribution in [3.8, 4) is 40.1 Å². The van der Waals surface area contributed by atoms with E-state index in [1.54, 1.807) is 11.0 Å². The fourth-order valence-corrected chi connectivity index (χ4v) is 7.43. The Morgan fingerprint density at radius 3 is 2.22 bits per heavy atom. The molecule has 5 heterocycles. The molecule has 8 rings (SSSR count). The van der Waals surface area contributed by atoms with Gasteiger partial charge >= 0.3 is 5.97 Å². The third-order valence-electron chi connectivity index (χ3n) is 10.2. The number of aliphatic hydroxyl groups is 1. The highest BCUT2D eigenvalue weighted by Gasteiger charge is 2.33. The van der Waals surface area contributed by atoms with Crippen LogP contribution < -0.4 is 0 Å². The van der Waals surface area contributed by atoms with Gasteiger partial charge < -0.3 is 23.9 Å². The summed E-state index contributed by atoms with van der Waals surface area (Å²) < 4.78 is 12.5. The maximum absolute atomic E-state index is 12.8. The number of β-amino-alcohol motifs (C(OH)–C–C–N with tert-alkyl or cyclic N) is 1. The second-order valence-electron chi connectivity index (χ2n) is 13.6. The summed E-state index contributed by atoms with van der Waals surface area (Å²) in [7, 11) is 0. The van der Waals surface area contributed by atoms with Crippen LogP contribution in [0.15, 0.2) is 57.4 Å². The summed E-state index contributed by atoms with van der Waals surface area (Å²) in [5.74, 6) is 0.491. The number of nitrogens with zero attached hydrogens (tertiary/aromatic N) is 6. The number of nitriles is 1. The summed E-state index contributed by atoms with van der Waals surface area (Å²) in [6.45, 7) is 7.90. The Labute approximate surface area is 288 Å². The molecule has 12 nitrogen and oxygen atoms in total. The number of carboxylic acid groups (broad SMARTS) is 1. The van der Waals surface area contributed by atoms with E-state index in [0.29, 0.717) is 86.4 Å². The lowest BCUT2D eigenvalue weighted by molar-refractivity contribution is -0.141. The quantitative estimate of drug-likeness (QED) is 0.235. The van der Waals surface area contributed by atoms with Gasteiger partial charge in [-0.1, -0.05) is 24.3 Å². The average molecular weight is 673 g/mol. The molecule has 3 aliphatic rings. The molecule has 2 N–H and O–H groups in total. The van der Waals surface area contributed by atoms with E-state index in [0.717, 1.165) is 44.6 Å². The number of carbonyl (C=O) groups is 2. The first kappa shape index (κ1) is 31.9. The third-order valence-corrected chi connectivity index (χ3v) is 10.2. The molecule has 5 aromatic rings. The van der Waals surface area contributed by atoms with Crippen LogP contribution in [0.5, 0.6) is 0 Å². The molecule has 0 aliphatic carbocycles. The SMILES string of the molecule is Cc1c(-c2nc3c(o2)CN(C(=O)CN2CC(O)C2)C3)cccc1-c1cccc(-c2nc3cc(CN4CCC(C(=O)O)C4)cc(C#N)c3o2)c1C. The molecular weight excluding hydrogens is 636 g/mol. The molecule has 50 heavy (non-hydrogen) atoms. The zero-order valence-electron chi connectivity index (χ0n) is 27.8. The third kappa shape index (κ3) is 5.73. The van der Waals surface area contributed by atoms with Gasteiger partial charge in [0.05, 0.1) is 37.2 Å². The second kappa shape index (κ2) is 12.5. The number of aliphatic carboxylic acids is 1. The van der Waals surface area contributed by atoms with Crippen molar-refractivity contribution in [1.82, 2.24) is 24.7 Å². The van der Waals surface area contributed by atoms with Gasteiger partial charge in [-0.3, -0.25) is 19.4 Å². The summed E-state index contributed by atoms with van der Waals surface area (Å²) in [5.41, 5.74) is 8.71. The maximum Gasteiger partial charge on any atom is 0.307 e. The van der Waals surface area contributed by atoms with E-state index in [1.807, 2.05) is 49.1 Å². The summed E-state index contributed by atoms with van der Waals surface area (Å²) in [6, 6.07) is 18.0. The highest BCUT2D eigenvalue weighted by Crippen LogP contribution is 2.39. The lowest BCUT2D eigenvalue weighted by Gasteiger charge is -2.35. The van der Waals surface area contributed by atoms with Gasteiger partial charge in [0, 0.05) is 37.3 Å². The Balaban J connectivity index is 1.04. The number of amides is 1. The van der Waals surface area contributed by atoms with Crippen LogP contribution in [0.3, 0.4) is 0 Å². The molecule has 1 amide bonds. The Morgan fingerprint density at radius 2 is 1.60 bits per heavy atom. The number of hydrogen-bond acceptors (Lipinski definition) is 10. The van der Waals surface area contributed by atoms with Crippen molar-refractivity contribution in [1.29, 1.82) is 5.26 Å². The molecule has 3 aromatic carbocycles. The second-order valence-corrected chi connectivity index (χ2v) is 13.6. The molecule has 0 spiro atoms. The van der Waals surface area contributed by atoms with Crippen LogP contribution in [0.4, 0.5) is 0 Å². The molecule has 3 aliphatic heterocycles. The van der Waals surface area contributed by atoms with Crippen molar-refractivity contribution < 1.29 is 28.6 Å². The van der Waals surface area contributed by atoms with Crippen molar-refractivity contribution in [2.75, 3.05) is 32.7 Å². The van der Waals surface area contributed by atoms with Gasteiger partial charge in [0.15, 0.2) is 5.58 Å². The van der Waals surface area contributed by atoms with Crippen molar-refractivity contribution in [2.45, 2.75) is 46.0 Å². The number of aliphatic hydroxyl groups excluding tert-OH is 1. The molecule has 254 valence electrons. The number of carbonyl (C=O) groups excluding carboxylic acids is 1. The van der Waals surface area contributed by atoms with E-state index >= 15 is 0 Å². The molecule has 0 radical (unpaired) electrons. The lowest BCUT2D eigenvalue weighted by atomic mass is 9.91. The largest absolute Gasteiger partial charge is 0.481 e. The molecule has 1 atom stereocenters. The number of rotatable bonds is 8. The molecular formula is C38H36N6O6. The van der Waals surface area contributed by atoms with Crippen LogP contribution in [-0.4, -0.2) is 85.6 Å². The van der Waals surface area contributed by atoms with Gasteiger partial charge in [-0.2, -0.15) is 5.26 Å². The topological polar surface area (TPSA) is 160 Å². The Morgan fingerprint density at radius 1 is 0.920 bits per heavy atom. The van der Waals surface area contributed by atoms with Gasteiger partial charge in [-0.25, -0.2) is 9.97 Å². The lowest BCUT2D eigenvalue weighted by Crippen LogP contribution is -2.53. The van der Waals surface area contributed by atoms with Gasteiger partial charge in [0.1, 0.15) is 23.0 Å². The number of likely N-dealkylation sites (tertiary alicyclic amines) is 2. The maximum atomic E-state index is 12.8. The van der Waals surface area contributed by atoms with E-state index in [4.69, 9.17) is 18.8 Å². The monoisotopic (exact) mass is 672 g/mol. The summed E-state index contributed by atoms with van der Waals surface area (Å²) >= 11 is 0. The molecule has 0 saturated carbocycles. The average Bonchev–Trinajstić information content (AvgIpc) is 3.88. The summed E-state index contributed by atoms with van der Waals surface area (Å²) in [5, 5.41) is 28.9. The first-order valence-electron chi connectivity index (χ1n) is 16.8. The Kier molecular flexibility index (Phi) is 7.98. The van der Waals surface area contributed by atoms with Crippen molar-refractivity contribution in [3.05, 3.63) is 82.2 Å². The molecule has 2 aromatic heterocycles. The highest BCUT2D eigenvalue weighted by atomic mass is 16.4. The van der Waals surface area contributed by atoms with Crippen LogP contribution in [0.25, 0.3) is 45.1 Å². The van der Waals surface area contributed by atoms with Crippen molar-refractivity contribution in [2.24, 2.45) is 5.92 Å². The minimum Gasteiger partial charge on any atom is -0.481 e. The van der Waals surface area contributed by atoms with Crippen LogP contribution in [0.2, 0.25) is 0 Å². The van der Waals surface area contributed by atoms with E-state index in [-0.39, 0.29) is 24.5 Å². The first-order chi connectivity index (χ1) is 24.1. The fraction of sp³-hybridized carbons (Fsp3) is 0.342. The number of carboxylic acids is 1. The van der Waals surface area contributed by atoms with Crippen LogP contribution in [0, 0.1) is 31.1 Å². The molecule has 2 saturated heterocycles. The number of aromatic nitrogens is 2. The normalized spacial score (nSPS) is 18.0.